The highest BCUT2D eigenvalue weighted by Crippen LogP contribution is 2.31. The Labute approximate surface area is 130 Å². The van der Waals surface area contributed by atoms with Crippen LogP contribution in [0.2, 0.25) is 5.02 Å². The zero-order valence-electron chi connectivity index (χ0n) is 12.1. The maximum Gasteiger partial charge on any atom is 0.232 e. The molecule has 0 aromatic heterocycles. The van der Waals surface area contributed by atoms with Crippen molar-refractivity contribution in [2.45, 2.75) is 33.6 Å². The zero-order valence-corrected chi connectivity index (χ0v) is 14.4. The maximum atomic E-state index is 11.0. The predicted octanol–water partition coefficient (Wildman–Crippen LogP) is 4.36. The van der Waals surface area contributed by atoms with Gasteiger partial charge in [0.05, 0.1) is 12.4 Å². The largest absolute Gasteiger partial charge is 0.493 e. The second-order valence-electron chi connectivity index (χ2n) is 5.42. The Kier molecular flexibility index (Phi) is 6.17. The lowest BCUT2D eigenvalue weighted by molar-refractivity contribution is 0.270. The molecule has 1 unspecified atom stereocenters. The molecular formula is C14H20Cl2O3S. The first kappa shape index (κ1) is 17.6. The summed E-state index contributed by atoms with van der Waals surface area (Å²) in [4.78, 5) is 0. The molecule has 0 N–H and O–H groups in total. The fourth-order valence-electron chi connectivity index (χ4n) is 1.89. The summed E-state index contributed by atoms with van der Waals surface area (Å²) in [6, 6.07) is 3.79. The molecule has 0 aliphatic rings. The van der Waals surface area contributed by atoms with Crippen LogP contribution in [0.4, 0.5) is 0 Å². The van der Waals surface area contributed by atoms with Crippen LogP contribution in [0.1, 0.15) is 37.8 Å². The molecule has 0 saturated carbocycles. The van der Waals surface area contributed by atoms with Gasteiger partial charge in [0.1, 0.15) is 5.75 Å². The minimum Gasteiger partial charge on any atom is -0.493 e. The molecule has 0 aliphatic carbocycles. The number of ether oxygens (including phenoxy) is 1. The minimum atomic E-state index is -3.50. The third-order valence-electron chi connectivity index (χ3n) is 2.92. The standard InChI is InChI=1S/C14H20Cl2O3S/c1-9(2)12-6-14(11(4)5-13(12)15)19-7-10(3)8-20(16,17)18/h5-6,9-10H,7-8H2,1-4H3. The van der Waals surface area contributed by atoms with Crippen LogP contribution in [0.5, 0.6) is 5.75 Å². The monoisotopic (exact) mass is 338 g/mol. The normalized spacial score (nSPS) is 13.6. The Hall–Kier alpha value is -0.450. The van der Waals surface area contributed by atoms with Gasteiger partial charge >= 0.3 is 0 Å². The summed E-state index contributed by atoms with van der Waals surface area (Å²) in [5, 5.41) is 0.723. The molecule has 3 nitrogen and oxygen atoms in total. The molecule has 1 aromatic carbocycles. The minimum absolute atomic E-state index is 0.0990. The van der Waals surface area contributed by atoms with Crippen LogP contribution < -0.4 is 4.74 Å². The number of rotatable bonds is 6. The summed E-state index contributed by atoms with van der Waals surface area (Å²) < 4.78 is 27.7. The van der Waals surface area contributed by atoms with Crippen LogP contribution in [-0.2, 0) is 9.05 Å². The Bertz CT molecular complexity index is 568. The Morgan fingerprint density at radius 2 is 1.85 bits per heavy atom. The third kappa shape index (κ3) is 5.51. The first-order valence-corrected chi connectivity index (χ1v) is 9.31. The van der Waals surface area contributed by atoms with E-state index in [1.54, 1.807) is 6.92 Å². The summed E-state index contributed by atoms with van der Waals surface area (Å²) in [6.07, 6.45) is 0. The molecule has 0 aliphatic heterocycles. The van der Waals surface area contributed by atoms with Crippen molar-refractivity contribution in [3.05, 3.63) is 28.3 Å². The average Bonchev–Trinajstić information content (AvgIpc) is 2.24. The fraction of sp³-hybridized carbons (Fsp3) is 0.571. The van der Waals surface area contributed by atoms with Crippen molar-refractivity contribution < 1.29 is 13.2 Å². The van der Waals surface area contributed by atoms with Gasteiger partial charge in [-0.1, -0.05) is 32.4 Å². The molecule has 1 aromatic rings. The lowest BCUT2D eigenvalue weighted by Gasteiger charge is -2.16. The molecule has 0 saturated heterocycles. The Morgan fingerprint density at radius 3 is 2.35 bits per heavy atom. The third-order valence-corrected chi connectivity index (χ3v) is 4.60. The van der Waals surface area contributed by atoms with Crippen LogP contribution in [0.3, 0.4) is 0 Å². The smallest absolute Gasteiger partial charge is 0.232 e. The summed E-state index contributed by atoms with van der Waals surface area (Å²) in [5.41, 5.74) is 1.95. The molecule has 1 rings (SSSR count). The van der Waals surface area contributed by atoms with Gasteiger partial charge in [-0.25, -0.2) is 8.42 Å². The highest BCUT2D eigenvalue weighted by atomic mass is 35.7. The van der Waals surface area contributed by atoms with E-state index in [0.717, 1.165) is 21.9 Å². The first-order chi connectivity index (χ1) is 9.10. The number of halogens is 2. The molecule has 0 radical (unpaired) electrons. The molecular weight excluding hydrogens is 319 g/mol. The van der Waals surface area contributed by atoms with Gasteiger partial charge in [-0.15, -0.1) is 0 Å². The molecule has 6 heteroatoms. The van der Waals surface area contributed by atoms with Gasteiger partial charge in [0.2, 0.25) is 9.05 Å². The van der Waals surface area contributed by atoms with E-state index >= 15 is 0 Å². The van der Waals surface area contributed by atoms with Crippen LogP contribution in [-0.4, -0.2) is 20.8 Å². The van der Waals surface area contributed by atoms with Crippen LogP contribution in [0, 0.1) is 12.8 Å². The SMILES string of the molecule is Cc1cc(Cl)c(C(C)C)cc1OCC(C)CS(=O)(=O)Cl. The highest BCUT2D eigenvalue weighted by molar-refractivity contribution is 8.13. The van der Waals surface area contributed by atoms with Crippen molar-refractivity contribution in [1.29, 1.82) is 0 Å². The molecule has 0 heterocycles. The van der Waals surface area contributed by atoms with Gasteiger partial charge < -0.3 is 4.74 Å². The second kappa shape index (κ2) is 7.01. The second-order valence-corrected chi connectivity index (χ2v) is 8.64. The summed E-state index contributed by atoms with van der Waals surface area (Å²) in [5.74, 6) is 0.760. The molecule has 20 heavy (non-hydrogen) atoms. The van der Waals surface area contributed by atoms with Crippen LogP contribution >= 0.6 is 22.3 Å². The fourth-order valence-corrected chi connectivity index (χ4v) is 3.74. The van der Waals surface area contributed by atoms with Gasteiger partial charge in [0.15, 0.2) is 0 Å². The van der Waals surface area contributed by atoms with E-state index in [4.69, 9.17) is 27.0 Å². The highest BCUT2D eigenvalue weighted by Gasteiger charge is 2.15. The van der Waals surface area contributed by atoms with Crippen molar-refractivity contribution in [1.82, 2.24) is 0 Å². The van der Waals surface area contributed by atoms with Gasteiger partial charge in [0.25, 0.3) is 0 Å². The van der Waals surface area contributed by atoms with E-state index in [1.165, 1.54) is 0 Å². The molecule has 0 bridgehead atoms. The van der Waals surface area contributed by atoms with Crippen molar-refractivity contribution in [2.24, 2.45) is 5.92 Å². The van der Waals surface area contributed by atoms with E-state index < -0.39 is 9.05 Å². The number of aryl methyl sites for hydroxylation is 1. The number of hydrogen-bond acceptors (Lipinski definition) is 3. The summed E-state index contributed by atoms with van der Waals surface area (Å²) in [6.45, 7) is 8.11. The number of hydrogen-bond donors (Lipinski definition) is 0. The van der Waals surface area contributed by atoms with E-state index in [9.17, 15) is 8.42 Å². The van der Waals surface area contributed by atoms with Gasteiger partial charge in [0, 0.05) is 21.6 Å². The molecule has 0 fully saturated rings. The predicted molar refractivity (Wildman–Crippen MR) is 84.6 cm³/mol. The molecule has 0 spiro atoms. The maximum absolute atomic E-state index is 11.0. The van der Waals surface area contributed by atoms with Crippen molar-refractivity contribution in [3.8, 4) is 5.75 Å². The van der Waals surface area contributed by atoms with Crippen LogP contribution in [0.25, 0.3) is 0 Å². The van der Waals surface area contributed by atoms with E-state index in [0.29, 0.717) is 12.5 Å². The average molecular weight is 339 g/mol. The molecule has 114 valence electrons. The zero-order chi connectivity index (χ0) is 15.5. The van der Waals surface area contributed by atoms with Crippen LogP contribution in [0.15, 0.2) is 12.1 Å². The van der Waals surface area contributed by atoms with Crippen molar-refractivity contribution >= 4 is 31.3 Å². The van der Waals surface area contributed by atoms with E-state index in [1.807, 2.05) is 19.1 Å². The van der Waals surface area contributed by atoms with Gasteiger partial charge in [-0.05, 0) is 36.1 Å². The quantitative estimate of drug-likeness (QED) is 0.724. The lowest BCUT2D eigenvalue weighted by Crippen LogP contribution is -2.17. The summed E-state index contributed by atoms with van der Waals surface area (Å²) in [7, 11) is 1.73. The number of benzene rings is 1. The Morgan fingerprint density at radius 1 is 1.25 bits per heavy atom. The van der Waals surface area contributed by atoms with E-state index in [-0.39, 0.29) is 11.7 Å². The van der Waals surface area contributed by atoms with E-state index in [2.05, 4.69) is 13.8 Å². The molecule has 1 atom stereocenters. The van der Waals surface area contributed by atoms with Gasteiger partial charge in [-0.3, -0.25) is 0 Å². The Balaban J connectivity index is 2.80. The van der Waals surface area contributed by atoms with Crippen molar-refractivity contribution in [2.75, 3.05) is 12.4 Å². The molecule has 0 amide bonds. The lowest BCUT2D eigenvalue weighted by atomic mass is 10.0. The van der Waals surface area contributed by atoms with Gasteiger partial charge in [-0.2, -0.15) is 0 Å². The topological polar surface area (TPSA) is 43.4 Å². The summed E-state index contributed by atoms with van der Waals surface area (Å²) >= 11 is 6.19. The van der Waals surface area contributed by atoms with Crippen molar-refractivity contribution in [3.63, 3.8) is 0 Å². The first-order valence-electron chi connectivity index (χ1n) is 6.45.